The number of nitrogens with one attached hydrogen (secondary N) is 1. The van der Waals surface area contributed by atoms with E-state index in [9.17, 15) is 4.39 Å². The highest BCUT2D eigenvalue weighted by Crippen LogP contribution is 2.54. The van der Waals surface area contributed by atoms with Gasteiger partial charge in [0.2, 0.25) is 0 Å². The molecule has 2 atom stereocenters. The van der Waals surface area contributed by atoms with Crippen molar-refractivity contribution in [1.29, 1.82) is 0 Å². The van der Waals surface area contributed by atoms with Gasteiger partial charge in [-0.15, -0.1) is 0 Å². The third kappa shape index (κ3) is 2.34. The van der Waals surface area contributed by atoms with Gasteiger partial charge in [0.05, 0.1) is 5.02 Å². The van der Waals surface area contributed by atoms with Gasteiger partial charge in [0.25, 0.3) is 0 Å². The van der Waals surface area contributed by atoms with Crippen LogP contribution in [0.25, 0.3) is 0 Å². The first kappa shape index (κ1) is 12.8. The standard InChI is InChI=1S/C14H19ClFN/c1-3-7-17-9-14(8-10(14)2)11-5-4-6-12(15)13(11)16/h4-6,10,17H,3,7-9H2,1-2H3. The molecule has 0 radical (unpaired) electrons. The van der Waals surface area contributed by atoms with Crippen molar-refractivity contribution in [2.75, 3.05) is 13.1 Å². The highest BCUT2D eigenvalue weighted by Gasteiger charge is 2.53. The second-order valence-corrected chi connectivity index (χ2v) is 5.45. The molecule has 3 heteroatoms. The maximum absolute atomic E-state index is 14.1. The van der Waals surface area contributed by atoms with E-state index in [1.54, 1.807) is 6.07 Å². The molecular weight excluding hydrogens is 237 g/mol. The average molecular weight is 256 g/mol. The van der Waals surface area contributed by atoms with E-state index >= 15 is 0 Å². The minimum Gasteiger partial charge on any atom is -0.316 e. The molecule has 0 bridgehead atoms. The second kappa shape index (κ2) is 4.95. The lowest BCUT2D eigenvalue weighted by Crippen LogP contribution is -2.29. The van der Waals surface area contributed by atoms with E-state index in [4.69, 9.17) is 11.6 Å². The highest BCUT2D eigenvalue weighted by atomic mass is 35.5. The van der Waals surface area contributed by atoms with E-state index in [1.165, 1.54) is 0 Å². The van der Waals surface area contributed by atoms with Gasteiger partial charge in [0, 0.05) is 12.0 Å². The van der Waals surface area contributed by atoms with Gasteiger partial charge < -0.3 is 5.32 Å². The van der Waals surface area contributed by atoms with Crippen molar-refractivity contribution >= 4 is 11.6 Å². The third-order valence-electron chi connectivity index (χ3n) is 3.81. The quantitative estimate of drug-likeness (QED) is 0.790. The third-order valence-corrected chi connectivity index (χ3v) is 4.10. The van der Waals surface area contributed by atoms with Crippen LogP contribution in [-0.2, 0) is 5.41 Å². The van der Waals surface area contributed by atoms with Crippen LogP contribution in [0.5, 0.6) is 0 Å². The first-order valence-corrected chi connectivity index (χ1v) is 6.65. The van der Waals surface area contributed by atoms with E-state index in [0.717, 1.165) is 31.5 Å². The first-order chi connectivity index (χ1) is 8.12. The minimum absolute atomic E-state index is 0.0375. The summed E-state index contributed by atoms with van der Waals surface area (Å²) in [6.45, 7) is 6.14. The van der Waals surface area contributed by atoms with Crippen LogP contribution in [0.15, 0.2) is 18.2 Å². The molecule has 2 rings (SSSR count). The normalized spacial score (nSPS) is 27.2. The fourth-order valence-corrected chi connectivity index (χ4v) is 2.76. The van der Waals surface area contributed by atoms with Crippen LogP contribution < -0.4 is 5.32 Å². The summed E-state index contributed by atoms with van der Waals surface area (Å²) < 4.78 is 14.1. The molecule has 1 saturated carbocycles. The molecule has 0 amide bonds. The lowest BCUT2D eigenvalue weighted by molar-refractivity contribution is 0.507. The van der Waals surface area contributed by atoms with E-state index in [2.05, 4.69) is 19.2 Å². The Morgan fingerprint density at radius 3 is 2.82 bits per heavy atom. The fourth-order valence-electron chi connectivity index (χ4n) is 2.58. The number of hydrogen-bond donors (Lipinski definition) is 1. The fraction of sp³-hybridized carbons (Fsp3) is 0.571. The Morgan fingerprint density at radius 1 is 1.53 bits per heavy atom. The molecule has 1 N–H and O–H groups in total. The molecule has 1 aromatic rings. The Labute approximate surface area is 107 Å². The zero-order valence-corrected chi connectivity index (χ0v) is 11.1. The Balaban J connectivity index is 2.21. The van der Waals surface area contributed by atoms with Gasteiger partial charge in [-0.25, -0.2) is 4.39 Å². The highest BCUT2D eigenvalue weighted by molar-refractivity contribution is 6.30. The Bertz CT molecular complexity index is 407. The summed E-state index contributed by atoms with van der Waals surface area (Å²) in [7, 11) is 0. The van der Waals surface area contributed by atoms with Crippen LogP contribution in [0.1, 0.15) is 32.3 Å². The Kier molecular flexibility index (Phi) is 3.74. The van der Waals surface area contributed by atoms with Crippen molar-refractivity contribution < 1.29 is 4.39 Å². The first-order valence-electron chi connectivity index (χ1n) is 6.27. The van der Waals surface area contributed by atoms with Crippen LogP contribution >= 0.6 is 11.6 Å². The molecule has 94 valence electrons. The molecule has 1 fully saturated rings. The van der Waals surface area contributed by atoms with Gasteiger partial charge in [-0.05, 0) is 36.9 Å². The zero-order valence-electron chi connectivity index (χ0n) is 10.4. The summed E-state index contributed by atoms with van der Waals surface area (Å²) in [6, 6.07) is 5.33. The van der Waals surface area contributed by atoms with E-state index in [0.29, 0.717) is 5.92 Å². The summed E-state index contributed by atoms with van der Waals surface area (Å²) in [5.74, 6) is 0.289. The van der Waals surface area contributed by atoms with E-state index in [-0.39, 0.29) is 16.3 Å². The lowest BCUT2D eigenvalue weighted by Gasteiger charge is -2.19. The molecule has 0 aliphatic heterocycles. The monoisotopic (exact) mass is 255 g/mol. The molecule has 1 aromatic carbocycles. The Morgan fingerprint density at radius 2 is 2.24 bits per heavy atom. The van der Waals surface area contributed by atoms with Crippen molar-refractivity contribution in [2.24, 2.45) is 5.92 Å². The van der Waals surface area contributed by atoms with E-state index in [1.807, 2.05) is 12.1 Å². The number of hydrogen-bond acceptors (Lipinski definition) is 1. The molecule has 0 saturated heterocycles. The van der Waals surface area contributed by atoms with Crippen LogP contribution in [0.4, 0.5) is 4.39 Å². The molecule has 0 aromatic heterocycles. The predicted octanol–water partition coefficient (Wildman–Crippen LogP) is 3.76. The molecule has 17 heavy (non-hydrogen) atoms. The number of rotatable bonds is 5. The topological polar surface area (TPSA) is 12.0 Å². The maximum atomic E-state index is 14.1. The molecule has 1 nitrogen and oxygen atoms in total. The minimum atomic E-state index is -0.239. The van der Waals surface area contributed by atoms with Crippen LogP contribution in [0, 0.1) is 11.7 Å². The number of halogens is 2. The van der Waals surface area contributed by atoms with Gasteiger partial charge >= 0.3 is 0 Å². The summed E-state index contributed by atoms with van der Waals surface area (Å²) in [5.41, 5.74) is 0.741. The predicted molar refractivity (Wildman–Crippen MR) is 70.0 cm³/mol. The summed E-state index contributed by atoms with van der Waals surface area (Å²) >= 11 is 5.86. The maximum Gasteiger partial charge on any atom is 0.145 e. The molecule has 1 aliphatic carbocycles. The van der Waals surface area contributed by atoms with Crippen molar-refractivity contribution in [3.8, 4) is 0 Å². The van der Waals surface area contributed by atoms with Gasteiger partial charge in [-0.1, -0.05) is 37.6 Å². The molecule has 1 aliphatic rings. The average Bonchev–Trinajstić information content (AvgIpc) is 2.95. The summed E-state index contributed by atoms with van der Waals surface area (Å²) in [4.78, 5) is 0. The zero-order chi connectivity index (χ0) is 12.5. The van der Waals surface area contributed by atoms with Gasteiger partial charge in [-0.2, -0.15) is 0 Å². The summed E-state index contributed by atoms with van der Waals surface area (Å²) in [6.07, 6.45) is 2.14. The van der Waals surface area contributed by atoms with Crippen LogP contribution in [-0.4, -0.2) is 13.1 Å². The number of benzene rings is 1. The van der Waals surface area contributed by atoms with Crippen molar-refractivity contribution in [3.05, 3.63) is 34.6 Å². The van der Waals surface area contributed by atoms with E-state index < -0.39 is 0 Å². The van der Waals surface area contributed by atoms with Gasteiger partial charge in [0.1, 0.15) is 5.82 Å². The Hall–Kier alpha value is -0.600. The van der Waals surface area contributed by atoms with Gasteiger partial charge in [-0.3, -0.25) is 0 Å². The van der Waals surface area contributed by atoms with Crippen LogP contribution in [0.3, 0.4) is 0 Å². The van der Waals surface area contributed by atoms with Crippen molar-refractivity contribution in [1.82, 2.24) is 5.32 Å². The molecule has 0 heterocycles. The second-order valence-electron chi connectivity index (χ2n) is 5.04. The molecule has 2 unspecified atom stereocenters. The SMILES string of the molecule is CCCNCC1(c2cccc(Cl)c2F)CC1C. The van der Waals surface area contributed by atoms with Gasteiger partial charge in [0.15, 0.2) is 0 Å². The molecule has 0 spiro atoms. The smallest absolute Gasteiger partial charge is 0.145 e. The van der Waals surface area contributed by atoms with Crippen molar-refractivity contribution in [3.63, 3.8) is 0 Å². The molecular formula is C14H19ClFN. The lowest BCUT2D eigenvalue weighted by atomic mass is 9.93. The largest absolute Gasteiger partial charge is 0.316 e. The summed E-state index contributed by atoms with van der Waals surface area (Å²) in [5, 5.41) is 3.64. The van der Waals surface area contributed by atoms with Crippen molar-refractivity contribution in [2.45, 2.75) is 32.1 Å². The van der Waals surface area contributed by atoms with Crippen LogP contribution in [0.2, 0.25) is 5.02 Å².